The summed E-state index contributed by atoms with van der Waals surface area (Å²) < 4.78 is 0. The maximum atomic E-state index is 7.32. The van der Waals surface area contributed by atoms with Crippen molar-refractivity contribution in [1.29, 1.82) is 5.26 Å². The Morgan fingerprint density at radius 3 is 1.60 bits per heavy atom. The van der Waals surface area contributed by atoms with E-state index in [0.717, 1.165) is 0 Å². The molecule has 0 rings (SSSR count). The van der Waals surface area contributed by atoms with Crippen LogP contribution in [0.3, 0.4) is 0 Å². The van der Waals surface area contributed by atoms with E-state index in [1.54, 1.807) is 6.07 Å². The third-order valence-electron chi connectivity index (χ3n) is 0. The standard InChI is InChI=1S/C2H3N.Ce.Zr/c1-2-3;;/h1H3;;. The van der Waals surface area contributed by atoms with Crippen molar-refractivity contribution in [3.05, 3.63) is 0 Å². The molecule has 0 radical (unpaired) electrons. The Labute approximate surface area is 84.6 Å². The average Bonchev–Trinajstić information content (AvgIpc) is 0.918. The first-order valence-electron chi connectivity index (χ1n) is 0.724. The Bertz CT molecular complexity index is 31.1. The smallest absolute Gasteiger partial charge is 0.0587 e. The minimum atomic E-state index is 0. The second kappa shape index (κ2) is 17.2. The van der Waals surface area contributed by atoms with Gasteiger partial charge in [0.25, 0.3) is 0 Å². The van der Waals surface area contributed by atoms with E-state index in [-0.39, 0.29) is 68.0 Å². The van der Waals surface area contributed by atoms with Gasteiger partial charge in [-0.25, -0.2) is 0 Å². The molecule has 0 aromatic heterocycles. The third-order valence-corrected chi connectivity index (χ3v) is 0. The molecule has 0 atom stereocenters. The van der Waals surface area contributed by atoms with Gasteiger partial charge < -0.3 is 0 Å². The third kappa shape index (κ3) is 26.4. The van der Waals surface area contributed by atoms with Crippen LogP contribution in [0.25, 0.3) is 0 Å². The molecule has 0 spiro atoms. The molecule has 0 aliphatic rings. The molecule has 24 valence electrons. The molecule has 0 heterocycles. The van der Waals surface area contributed by atoms with Crippen molar-refractivity contribution in [2.75, 3.05) is 0 Å². The van der Waals surface area contributed by atoms with Gasteiger partial charge in [-0.15, -0.1) is 0 Å². The molecule has 0 saturated heterocycles. The fourth-order valence-electron chi connectivity index (χ4n) is 0. The number of rotatable bonds is 0. The fraction of sp³-hybridized carbons (Fsp3) is 0.500. The summed E-state index contributed by atoms with van der Waals surface area (Å²) in [4.78, 5) is 0. The Balaban J connectivity index is -0.0000000200. The van der Waals surface area contributed by atoms with Crippen LogP contribution < -0.4 is 0 Å². The van der Waals surface area contributed by atoms with Crippen molar-refractivity contribution in [3.63, 3.8) is 0 Å². The van der Waals surface area contributed by atoms with E-state index >= 15 is 0 Å². The molecular weight excluding hydrogens is 269 g/mol. The summed E-state index contributed by atoms with van der Waals surface area (Å²) in [6.45, 7) is 1.43. The van der Waals surface area contributed by atoms with E-state index in [0.29, 0.717) is 0 Å². The Kier molecular flexibility index (Phi) is 54.5. The molecule has 1 nitrogen and oxygen atoms in total. The van der Waals surface area contributed by atoms with Gasteiger partial charge in [0.05, 0.1) is 6.07 Å². The second-order valence-electron chi connectivity index (χ2n) is 0.224. The fourth-order valence-corrected chi connectivity index (χ4v) is 0. The maximum Gasteiger partial charge on any atom is 0.0587 e. The summed E-state index contributed by atoms with van der Waals surface area (Å²) in [5.74, 6) is 0. The van der Waals surface area contributed by atoms with Crippen LogP contribution in [0.5, 0.6) is 0 Å². The number of nitriles is 1. The van der Waals surface area contributed by atoms with Crippen molar-refractivity contribution < 1.29 is 68.0 Å². The van der Waals surface area contributed by atoms with E-state index in [1.807, 2.05) is 0 Å². The summed E-state index contributed by atoms with van der Waals surface area (Å²) in [5.41, 5.74) is 0. The molecule has 0 aromatic rings. The first-order valence-corrected chi connectivity index (χ1v) is 0.724. The molecule has 0 fully saturated rings. The van der Waals surface area contributed by atoms with Gasteiger partial charge in [0.15, 0.2) is 0 Å². The molecule has 0 aliphatic heterocycles. The molecule has 3 heteroatoms. The van der Waals surface area contributed by atoms with Crippen LogP contribution in [0.4, 0.5) is 0 Å². The van der Waals surface area contributed by atoms with Crippen LogP contribution >= 0.6 is 0 Å². The van der Waals surface area contributed by atoms with E-state index in [9.17, 15) is 0 Å². The van der Waals surface area contributed by atoms with Gasteiger partial charge in [0.1, 0.15) is 0 Å². The van der Waals surface area contributed by atoms with Gasteiger partial charge in [0.2, 0.25) is 0 Å². The largest absolute Gasteiger partial charge is 0.199 e. The van der Waals surface area contributed by atoms with Crippen LogP contribution in [-0.4, -0.2) is 0 Å². The van der Waals surface area contributed by atoms with Crippen LogP contribution in [0.1, 0.15) is 6.92 Å². The van der Waals surface area contributed by atoms with Crippen LogP contribution in [0.15, 0.2) is 0 Å². The predicted octanol–water partition coefficient (Wildman–Crippen LogP) is 0.527. The first kappa shape index (κ1) is 15.9. The Morgan fingerprint density at radius 2 is 1.60 bits per heavy atom. The molecule has 5 heavy (non-hydrogen) atoms. The zero-order valence-electron chi connectivity index (χ0n) is 2.95. The molecular formula is C2H3CeNZr. The number of nitrogens with zero attached hydrogens (tertiary/aromatic N) is 1. The zero-order chi connectivity index (χ0) is 2.71. The summed E-state index contributed by atoms with van der Waals surface area (Å²) in [6, 6.07) is 1.75. The monoisotopic (exact) mass is 271 g/mol. The van der Waals surface area contributed by atoms with Gasteiger partial charge in [-0.05, 0) is 0 Å². The topological polar surface area (TPSA) is 23.8 Å². The van der Waals surface area contributed by atoms with E-state index in [2.05, 4.69) is 0 Å². The van der Waals surface area contributed by atoms with Crippen molar-refractivity contribution in [3.8, 4) is 6.07 Å². The van der Waals surface area contributed by atoms with Crippen LogP contribution in [0.2, 0.25) is 0 Å². The summed E-state index contributed by atoms with van der Waals surface area (Å²) in [5, 5.41) is 7.32. The van der Waals surface area contributed by atoms with Gasteiger partial charge in [-0.1, -0.05) is 0 Å². The minimum absolute atomic E-state index is 0. The maximum absolute atomic E-state index is 7.32. The van der Waals surface area contributed by atoms with Crippen LogP contribution in [-0.2, 0) is 26.2 Å². The molecule has 0 bridgehead atoms. The number of hydrogen-bond acceptors (Lipinski definition) is 1. The molecule has 0 aliphatic carbocycles. The predicted molar refractivity (Wildman–Crippen MR) is 11.3 cm³/mol. The van der Waals surface area contributed by atoms with Gasteiger partial charge in [-0.2, -0.15) is 5.26 Å². The minimum Gasteiger partial charge on any atom is -0.199 e. The van der Waals surface area contributed by atoms with E-state index < -0.39 is 0 Å². The van der Waals surface area contributed by atoms with Gasteiger partial charge >= 0.3 is 0 Å². The van der Waals surface area contributed by atoms with Crippen LogP contribution in [0, 0.1) is 53.1 Å². The SMILES string of the molecule is CC#N.[Ce].[Zr]. The molecule has 0 saturated carbocycles. The summed E-state index contributed by atoms with van der Waals surface area (Å²) >= 11 is 0. The average molecular weight is 272 g/mol. The zero-order valence-corrected chi connectivity index (χ0v) is 8.55. The molecule has 0 unspecified atom stereocenters. The normalized spacial score (nSPS) is 1.60. The van der Waals surface area contributed by atoms with Crippen molar-refractivity contribution in [1.82, 2.24) is 0 Å². The van der Waals surface area contributed by atoms with Gasteiger partial charge in [-0.3, -0.25) is 0 Å². The molecule has 0 N–H and O–H groups in total. The summed E-state index contributed by atoms with van der Waals surface area (Å²) in [7, 11) is 0. The second-order valence-corrected chi connectivity index (χ2v) is 0.224. The Morgan fingerprint density at radius 1 is 1.60 bits per heavy atom. The quantitative estimate of drug-likeness (QED) is 0.631. The van der Waals surface area contributed by atoms with E-state index in [4.69, 9.17) is 5.26 Å². The van der Waals surface area contributed by atoms with Gasteiger partial charge in [0, 0.05) is 74.9 Å². The molecule has 0 aromatic carbocycles. The molecule has 0 amide bonds. The Hall–Kier alpha value is 1.75. The van der Waals surface area contributed by atoms with Crippen molar-refractivity contribution >= 4 is 0 Å². The summed E-state index contributed by atoms with van der Waals surface area (Å²) in [6.07, 6.45) is 0. The number of hydrogen-bond donors (Lipinski definition) is 0. The first-order chi connectivity index (χ1) is 1.41. The van der Waals surface area contributed by atoms with E-state index in [1.165, 1.54) is 6.92 Å². The van der Waals surface area contributed by atoms with Crippen molar-refractivity contribution in [2.45, 2.75) is 6.92 Å². The van der Waals surface area contributed by atoms with Crippen molar-refractivity contribution in [2.24, 2.45) is 0 Å².